The van der Waals surface area contributed by atoms with Crippen molar-refractivity contribution < 1.29 is 14.3 Å². The summed E-state index contributed by atoms with van der Waals surface area (Å²) in [4.78, 5) is 23.2. The van der Waals surface area contributed by atoms with Gasteiger partial charge in [-0.2, -0.15) is 0 Å². The third-order valence-electron chi connectivity index (χ3n) is 3.15. The Kier molecular flexibility index (Phi) is 2.77. The Morgan fingerprint density at radius 3 is 2.65 bits per heavy atom. The predicted octanol–water partition coefficient (Wildman–Crippen LogP) is 2.90. The van der Waals surface area contributed by atoms with E-state index >= 15 is 0 Å². The quantitative estimate of drug-likeness (QED) is 0.699. The first kappa shape index (κ1) is 11.8. The van der Waals surface area contributed by atoms with Crippen molar-refractivity contribution in [3.63, 3.8) is 0 Å². The van der Waals surface area contributed by atoms with Crippen molar-refractivity contribution >= 4 is 11.8 Å². The molecular weight excluding hydrogens is 216 g/mol. The predicted molar refractivity (Wildman–Crippen MR) is 63.7 cm³/mol. The van der Waals surface area contributed by atoms with E-state index in [4.69, 9.17) is 4.74 Å². The molecule has 1 aliphatic carbocycles. The second kappa shape index (κ2) is 3.99. The first-order valence-corrected chi connectivity index (χ1v) is 5.71. The Morgan fingerprint density at radius 1 is 1.35 bits per heavy atom. The minimum atomic E-state index is -0.350. The molecule has 0 heterocycles. The van der Waals surface area contributed by atoms with Gasteiger partial charge in [-0.15, -0.1) is 0 Å². The van der Waals surface area contributed by atoms with Gasteiger partial charge in [0.2, 0.25) is 0 Å². The van der Waals surface area contributed by atoms with Gasteiger partial charge in [-0.05, 0) is 0 Å². The molecule has 1 aromatic rings. The summed E-state index contributed by atoms with van der Waals surface area (Å²) in [5.74, 6) is -0.193. The number of carbonyl (C=O) groups excluding carboxylic acids is 2. The van der Waals surface area contributed by atoms with E-state index in [2.05, 4.69) is 0 Å². The number of carbonyl (C=O) groups is 2. The number of Topliss-reactive ketones (excluding diaryl/α,β-unsaturated/α-hetero) is 1. The van der Waals surface area contributed by atoms with E-state index in [9.17, 15) is 9.59 Å². The van der Waals surface area contributed by atoms with Gasteiger partial charge in [0.1, 0.15) is 6.10 Å². The smallest absolute Gasteiger partial charge is 0.303 e. The molecule has 0 aromatic heterocycles. The molecule has 0 radical (unpaired) electrons. The molecule has 2 rings (SSSR count). The Balaban J connectivity index is 2.51. The normalized spacial score (nSPS) is 21.8. The van der Waals surface area contributed by atoms with E-state index in [1.807, 2.05) is 32.0 Å². The van der Waals surface area contributed by atoms with Crippen LogP contribution in [0.2, 0.25) is 0 Å². The number of fused-ring (bicyclic) bond motifs is 1. The SMILES string of the molecule is CC(=O)OC1c2ccccc2C(=O)CC1(C)C. The molecular formula is C14H16O3. The summed E-state index contributed by atoms with van der Waals surface area (Å²) in [7, 11) is 0. The number of esters is 1. The molecule has 3 nitrogen and oxygen atoms in total. The first-order chi connectivity index (χ1) is 7.92. The summed E-state index contributed by atoms with van der Waals surface area (Å²) >= 11 is 0. The highest BCUT2D eigenvalue weighted by molar-refractivity contribution is 5.99. The van der Waals surface area contributed by atoms with E-state index in [1.165, 1.54) is 6.92 Å². The fourth-order valence-corrected chi connectivity index (χ4v) is 2.39. The van der Waals surface area contributed by atoms with Crippen LogP contribution in [0.1, 0.15) is 49.2 Å². The maximum Gasteiger partial charge on any atom is 0.303 e. The Labute approximate surface area is 101 Å². The van der Waals surface area contributed by atoms with Crippen molar-refractivity contribution in [1.82, 2.24) is 0 Å². The molecule has 0 fully saturated rings. The highest BCUT2D eigenvalue weighted by Crippen LogP contribution is 2.45. The second-order valence-electron chi connectivity index (χ2n) is 5.17. The van der Waals surface area contributed by atoms with Crippen LogP contribution in [0.5, 0.6) is 0 Å². The van der Waals surface area contributed by atoms with Crippen LogP contribution < -0.4 is 0 Å². The number of ether oxygens (including phenoxy) is 1. The molecule has 1 unspecified atom stereocenters. The van der Waals surface area contributed by atoms with Gasteiger partial charge in [-0.1, -0.05) is 38.1 Å². The number of ketones is 1. The van der Waals surface area contributed by atoms with Crippen molar-refractivity contribution in [2.75, 3.05) is 0 Å². The molecule has 1 aromatic carbocycles. The minimum absolute atomic E-state index is 0.119. The molecule has 0 aliphatic heterocycles. The molecule has 0 bridgehead atoms. The van der Waals surface area contributed by atoms with Crippen LogP contribution in [0.25, 0.3) is 0 Å². The van der Waals surface area contributed by atoms with Crippen molar-refractivity contribution in [1.29, 1.82) is 0 Å². The van der Waals surface area contributed by atoms with Crippen LogP contribution in [0, 0.1) is 5.41 Å². The largest absolute Gasteiger partial charge is 0.457 e. The van der Waals surface area contributed by atoms with Crippen LogP contribution >= 0.6 is 0 Å². The van der Waals surface area contributed by atoms with Gasteiger partial charge in [-0.3, -0.25) is 9.59 Å². The van der Waals surface area contributed by atoms with Crippen LogP contribution in [0.3, 0.4) is 0 Å². The fraction of sp³-hybridized carbons (Fsp3) is 0.429. The standard InChI is InChI=1S/C14H16O3/c1-9(15)17-13-11-7-5-4-6-10(11)12(16)8-14(13,2)3/h4-7,13H,8H2,1-3H3. The average Bonchev–Trinajstić information content (AvgIpc) is 2.23. The maximum atomic E-state index is 12.0. The van der Waals surface area contributed by atoms with Crippen molar-refractivity contribution in [2.45, 2.75) is 33.3 Å². The van der Waals surface area contributed by atoms with Crippen LogP contribution in [-0.2, 0) is 9.53 Å². The topological polar surface area (TPSA) is 43.4 Å². The maximum absolute atomic E-state index is 12.0. The molecule has 1 atom stereocenters. The Morgan fingerprint density at radius 2 is 2.00 bits per heavy atom. The molecule has 0 saturated carbocycles. The van der Waals surface area contributed by atoms with Gasteiger partial charge in [0, 0.05) is 29.9 Å². The average molecular weight is 232 g/mol. The summed E-state index contributed by atoms with van der Waals surface area (Å²) in [5, 5.41) is 0. The molecule has 1 aliphatic rings. The number of rotatable bonds is 1. The van der Waals surface area contributed by atoms with Crippen LogP contribution in [-0.4, -0.2) is 11.8 Å². The van der Waals surface area contributed by atoms with Gasteiger partial charge in [0.15, 0.2) is 5.78 Å². The van der Waals surface area contributed by atoms with Crippen LogP contribution in [0.15, 0.2) is 24.3 Å². The third-order valence-corrected chi connectivity index (χ3v) is 3.15. The lowest BCUT2D eigenvalue weighted by atomic mass is 9.71. The Bertz CT molecular complexity index is 474. The van der Waals surface area contributed by atoms with Gasteiger partial charge < -0.3 is 4.74 Å². The summed E-state index contributed by atoms with van der Waals surface area (Å²) in [5.41, 5.74) is 1.15. The molecule has 0 spiro atoms. The van der Waals surface area contributed by atoms with Crippen LogP contribution in [0.4, 0.5) is 0 Å². The lowest BCUT2D eigenvalue weighted by Gasteiger charge is -2.38. The van der Waals surface area contributed by atoms with Gasteiger partial charge in [-0.25, -0.2) is 0 Å². The lowest BCUT2D eigenvalue weighted by molar-refractivity contribution is -0.153. The van der Waals surface area contributed by atoms with Crippen molar-refractivity contribution in [3.8, 4) is 0 Å². The molecule has 0 amide bonds. The summed E-state index contributed by atoms with van der Waals surface area (Å²) < 4.78 is 5.39. The van der Waals surface area contributed by atoms with E-state index in [-0.39, 0.29) is 23.3 Å². The minimum Gasteiger partial charge on any atom is -0.457 e. The third kappa shape index (κ3) is 2.09. The van der Waals surface area contributed by atoms with E-state index in [0.29, 0.717) is 12.0 Å². The van der Waals surface area contributed by atoms with E-state index < -0.39 is 0 Å². The zero-order valence-corrected chi connectivity index (χ0v) is 10.3. The number of benzene rings is 1. The van der Waals surface area contributed by atoms with Gasteiger partial charge >= 0.3 is 5.97 Å². The number of hydrogen-bond donors (Lipinski definition) is 0. The highest BCUT2D eigenvalue weighted by Gasteiger charge is 2.41. The van der Waals surface area contributed by atoms with E-state index in [1.54, 1.807) is 6.07 Å². The molecule has 0 N–H and O–H groups in total. The summed E-state index contributed by atoms with van der Waals surface area (Å²) in [6.45, 7) is 5.30. The number of hydrogen-bond acceptors (Lipinski definition) is 3. The molecule has 17 heavy (non-hydrogen) atoms. The molecule has 90 valence electrons. The fourth-order valence-electron chi connectivity index (χ4n) is 2.39. The summed E-state index contributed by atoms with van der Waals surface area (Å²) in [6, 6.07) is 7.36. The summed E-state index contributed by atoms with van der Waals surface area (Å²) in [6.07, 6.45) is 0.0657. The van der Waals surface area contributed by atoms with Crippen molar-refractivity contribution in [2.24, 2.45) is 5.41 Å². The highest BCUT2D eigenvalue weighted by atomic mass is 16.5. The van der Waals surface area contributed by atoms with Gasteiger partial charge in [0.25, 0.3) is 0 Å². The van der Waals surface area contributed by atoms with Crippen molar-refractivity contribution in [3.05, 3.63) is 35.4 Å². The monoisotopic (exact) mass is 232 g/mol. The molecule has 3 heteroatoms. The van der Waals surface area contributed by atoms with E-state index in [0.717, 1.165) is 5.56 Å². The lowest BCUT2D eigenvalue weighted by Crippen LogP contribution is -2.34. The molecule has 0 saturated heterocycles. The second-order valence-corrected chi connectivity index (χ2v) is 5.17. The Hall–Kier alpha value is -1.64. The first-order valence-electron chi connectivity index (χ1n) is 5.71. The van der Waals surface area contributed by atoms with Gasteiger partial charge in [0.05, 0.1) is 0 Å². The zero-order valence-electron chi connectivity index (χ0n) is 10.3. The zero-order chi connectivity index (χ0) is 12.6.